The third kappa shape index (κ3) is 1.54. The summed E-state index contributed by atoms with van der Waals surface area (Å²) in [4.78, 5) is 0. The zero-order valence-electron chi connectivity index (χ0n) is 11.8. The predicted octanol–water partition coefficient (Wildman–Crippen LogP) is 4.18. The van der Waals surface area contributed by atoms with E-state index < -0.39 is 0 Å². The largest absolute Gasteiger partial charge is 0.380 e. The van der Waals surface area contributed by atoms with E-state index in [0.29, 0.717) is 16.9 Å². The minimum absolute atomic E-state index is 0.311. The summed E-state index contributed by atoms with van der Waals surface area (Å²) in [6, 6.07) is 0. The van der Waals surface area contributed by atoms with E-state index >= 15 is 0 Å². The molecule has 4 aliphatic rings. The van der Waals surface area contributed by atoms with Crippen molar-refractivity contribution in [3.63, 3.8) is 0 Å². The molecule has 0 amide bonds. The monoisotopic (exact) mass is 234 g/mol. The number of allylic oxidation sites excluding steroid dienone is 1. The first-order valence-electron chi connectivity index (χ1n) is 7.22. The van der Waals surface area contributed by atoms with Crippen molar-refractivity contribution in [2.75, 3.05) is 7.11 Å². The molecule has 0 heterocycles. The topological polar surface area (TPSA) is 9.23 Å². The lowest BCUT2D eigenvalue weighted by Crippen LogP contribution is -2.54. The average Bonchev–Trinajstić information content (AvgIpc) is 2.36. The van der Waals surface area contributed by atoms with Crippen molar-refractivity contribution in [1.29, 1.82) is 0 Å². The summed E-state index contributed by atoms with van der Waals surface area (Å²) in [5, 5.41) is 0. The second-order valence-electron chi connectivity index (χ2n) is 7.39. The third-order valence-electron chi connectivity index (χ3n) is 5.84. The van der Waals surface area contributed by atoms with Crippen LogP contribution in [0.5, 0.6) is 0 Å². The molecule has 2 fully saturated rings. The molecular formula is C16H26O. The molecule has 0 aromatic rings. The summed E-state index contributed by atoms with van der Waals surface area (Å²) in [5.74, 6) is 1.56. The fourth-order valence-corrected chi connectivity index (χ4v) is 5.05. The summed E-state index contributed by atoms with van der Waals surface area (Å²) in [6.07, 6.45) is 9.84. The highest BCUT2D eigenvalue weighted by atomic mass is 16.5. The summed E-state index contributed by atoms with van der Waals surface area (Å²) >= 11 is 0. The predicted molar refractivity (Wildman–Crippen MR) is 70.8 cm³/mol. The molecular weight excluding hydrogens is 208 g/mol. The molecule has 0 aliphatic heterocycles. The molecule has 4 atom stereocenters. The molecule has 2 saturated carbocycles. The average molecular weight is 234 g/mol. The molecule has 0 radical (unpaired) electrons. The van der Waals surface area contributed by atoms with E-state index in [0.717, 1.165) is 11.8 Å². The van der Waals surface area contributed by atoms with Crippen LogP contribution in [0.1, 0.15) is 52.9 Å². The SMILES string of the molecule is CO[C@@H]1[C@H]2[C@H]3CC[C@]1(C)C=C3CCCC2(C)C. The normalized spacial score (nSPS) is 47.5. The number of hydrogen-bond acceptors (Lipinski definition) is 1. The lowest BCUT2D eigenvalue weighted by Gasteiger charge is -2.56. The van der Waals surface area contributed by atoms with Crippen molar-refractivity contribution in [3.8, 4) is 0 Å². The van der Waals surface area contributed by atoms with Gasteiger partial charge in [0, 0.05) is 12.5 Å². The molecule has 1 nitrogen and oxygen atoms in total. The Morgan fingerprint density at radius 1 is 1.24 bits per heavy atom. The lowest BCUT2D eigenvalue weighted by molar-refractivity contribution is -0.114. The highest BCUT2D eigenvalue weighted by molar-refractivity contribution is 5.27. The molecule has 0 saturated heterocycles. The minimum Gasteiger partial charge on any atom is -0.380 e. The molecule has 0 aromatic carbocycles. The van der Waals surface area contributed by atoms with Crippen LogP contribution in [0.15, 0.2) is 11.6 Å². The Morgan fingerprint density at radius 2 is 2.00 bits per heavy atom. The Bertz CT molecular complexity index is 355. The summed E-state index contributed by atoms with van der Waals surface area (Å²) in [6.45, 7) is 7.36. The Balaban J connectivity index is 2.11. The van der Waals surface area contributed by atoms with Gasteiger partial charge in [-0.2, -0.15) is 0 Å². The standard InChI is InChI=1S/C16H26O/c1-15(2)8-5-6-11-10-16(3)9-7-12(11)13(15)14(16)17-4/h10,12-14H,5-9H2,1-4H3/t12-,13+,14+,16+/m0/s1. The smallest absolute Gasteiger partial charge is 0.0698 e. The Morgan fingerprint density at radius 3 is 2.71 bits per heavy atom. The van der Waals surface area contributed by atoms with Crippen molar-refractivity contribution in [3.05, 3.63) is 11.6 Å². The Hall–Kier alpha value is -0.300. The molecule has 4 bridgehead atoms. The molecule has 0 aromatic heterocycles. The summed E-state index contributed by atoms with van der Waals surface area (Å²) < 4.78 is 5.96. The fourth-order valence-electron chi connectivity index (χ4n) is 5.05. The van der Waals surface area contributed by atoms with E-state index in [1.54, 1.807) is 5.57 Å². The van der Waals surface area contributed by atoms with E-state index in [4.69, 9.17) is 4.74 Å². The first kappa shape index (κ1) is 11.8. The van der Waals surface area contributed by atoms with Crippen molar-refractivity contribution in [2.24, 2.45) is 22.7 Å². The van der Waals surface area contributed by atoms with Gasteiger partial charge in [-0.1, -0.05) is 32.4 Å². The number of fused-ring (bicyclic) bond motifs is 1. The quantitative estimate of drug-likeness (QED) is 0.618. The molecule has 0 N–H and O–H groups in total. The molecule has 0 spiro atoms. The Kier molecular flexibility index (Phi) is 2.49. The molecule has 4 rings (SSSR count). The summed E-state index contributed by atoms with van der Waals surface area (Å²) in [7, 11) is 1.92. The first-order valence-corrected chi connectivity index (χ1v) is 7.22. The summed E-state index contributed by atoms with van der Waals surface area (Å²) in [5.41, 5.74) is 2.52. The second kappa shape index (κ2) is 3.60. The molecule has 17 heavy (non-hydrogen) atoms. The van der Waals surface area contributed by atoms with Crippen LogP contribution < -0.4 is 0 Å². The van der Waals surface area contributed by atoms with Gasteiger partial charge in [0.1, 0.15) is 0 Å². The van der Waals surface area contributed by atoms with Gasteiger partial charge in [0.15, 0.2) is 0 Å². The van der Waals surface area contributed by atoms with E-state index in [1.165, 1.54) is 32.1 Å². The maximum absolute atomic E-state index is 5.96. The zero-order valence-corrected chi connectivity index (χ0v) is 11.8. The van der Waals surface area contributed by atoms with Crippen molar-refractivity contribution in [2.45, 2.75) is 59.0 Å². The van der Waals surface area contributed by atoms with Crippen LogP contribution in [0, 0.1) is 22.7 Å². The zero-order chi connectivity index (χ0) is 12.3. The first-order chi connectivity index (χ1) is 7.98. The van der Waals surface area contributed by atoms with Crippen LogP contribution >= 0.6 is 0 Å². The van der Waals surface area contributed by atoms with Gasteiger partial charge in [-0.05, 0) is 49.4 Å². The number of hydrogen-bond donors (Lipinski definition) is 0. The minimum atomic E-state index is 0.311. The molecule has 1 heteroatoms. The fraction of sp³-hybridized carbons (Fsp3) is 0.875. The number of rotatable bonds is 1. The van der Waals surface area contributed by atoms with Crippen molar-refractivity contribution < 1.29 is 4.74 Å². The molecule has 0 unspecified atom stereocenters. The van der Waals surface area contributed by atoms with Gasteiger partial charge in [0.05, 0.1) is 6.10 Å². The molecule has 96 valence electrons. The lowest BCUT2D eigenvalue weighted by atomic mass is 9.51. The van der Waals surface area contributed by atoms with Gasteiger partial charge in [-0.15, -0.1) is 0 Å². The van der Waals surface area contributed by atoms with E-state index in [1.807, 2.05) is 7.11 Å². The second-order valence-corrected chi connectivity index (χ2v) is 7.39. The Labute approximate surface area is 106 Å². The van der Waals surface area contributed by atoms with Crippen molar-refractivity contribution in [1.82, 2.24) is 0 Å². The number of methoxy groups -OCH3 is 1. The van der Waals surface area contributed by atoms with Gasteiger partial charge >= 0.3 is 0 Å². The van der Waals surface area contributed by atoms with Crippen LogP contribution in [-0.4, -0.2) is 13.2 Å². The number of ether oxygens (including phenoxy) is 1. The van der Waals surface area contributed by atoms with Crippen molar-refractivity contribution >= 4 is 0 Å². The van der Waals surface area contributed by atoms with Crippen LogP contribution in [0.25, 0.3) is 0 Å². The van der Waals surface area contributed by atoms with Crippen LogP contribution in [-0.2, 0) is 4.74 Å². The maximum atomic E-state index is 5.96. The van der Waals surface area contributed by atoms with E-state index in [9.17, 15) is 0 Å². The van der Waals surface area contributed by atoms with Crippen LogP contribution in [0.4, 0.5) is 0 Å². The third-order valence-corrected chi connectivity index (χ3v) is 5.84. The molecule has 4 aliphatic carbocycles. The van der Waals surface area contributed by atoms with Gasteiger partial charge in [-0.25, -0.2) is 0 Å². The van der Waals surface area contributed by atoms with Gasteiger partial charge < -0.3 is 4.74 Å². The van der Waals surface area contributed by atoms with E-state index in [2.05, 4.69) is 26.8 Å². The van der Waals surface area contributed by atoms with E-state index in [-0.39, 0.29) is 0 Å². The van der Waals surface area contributed by atoms with Crippen LogP contribution in [0.2, 0.25) is 0 Å². The van der Waals surface area contributed by atoms with Crippen LogP contribution in [0.3, 0.4) is 0 Å². The van der Waals surface area contributed by atoms with Gasteiger partial charge in [-0.3, -0.25) is 0 Å². The van der Waals surface area contributed by atoms with Gasteiger partial charge in [0.2, 0.25) is 0 Å². The highest BCUT2D eigenvalue weighted by Crippen LogP contribution is 2.60. The maximum Gasteiger partial charge on any atom is 0.0698 e. The van der Waals surface area contributed by atoms with Gasteiger partial charge in [0.25, 0.3) is 0 Å². The highest BCUT2D eigenvalue weighted by Gasteiger charge is 2.56.